The van der Waals surface area contributed by atoms with Gasteiger partial charge in [-0.1, -0.05) is 30.3 Å². The molecule has 1 saturated carbocycles. The van der Waals surface area contributed by atoms with Crippen molar-refractivity contribution in [3.8, 4) is 11.5 Å². The van der Waals surface area contributed by atoms with E-state index in [0.717, 1.165) is 24.0 Å². The van der Waals surface area contributed by atoms with E-state index < -0.39 is 5.60 Å². The van der Waals surface area contributed by atoms with Crippen molar-refractivity contribution >= 4 is 12.0 Å². The lowest BCUT2D eigenvalue weighted by Crippen LogP contribution is -2.25. The van der Waals surface area contributed by atoms with Gasteiger partial charge in [0.1, 0.15) is 11.4 Å². The number of carbonyl (C=O) groups excluding carboxylic acids is 1. The van der Waals surface area contributed by atoms with Crippen LogP contribution < -0.4 is 4.74 Å². The van der Waals surface area contributed by atoms with E-state index in [2.05, 4.69) is 0 Å². The number of hydrogen-bond acceptors (Lipinski definition) is 5. The van der Waals surface area contributed by atoms with Gasteiger partial charge in [-0.25, -0.2) is 0 Å². The molecule has 0 bridgehead atoms. The van der Waals surface area contributed by atoms with Crippen LogP contribution in [-0.4, -0.2) is 28.9 Å². The maximum Gasteiger partial charge on any atom is 0.298 e. The van der Waals surface area contributed by atoms with E-state index >= 15 is 0 Å². The van der Waals surface area contributed by atoms with E-state index in [9.17, 15) is 15.0 Å². The Hall–Kier alpha value is -2.79. The maximum absolute atomic E-state index is 11.2. The smallest absolute Gasteiger partial charge is 0.298 e. The van der Waals surface area contributed by atoms with Gasteiger partial charge in [0.05, 0.1) is 6.61 Å². The molecule has 28 heavy (non-hydrogen) atoms. The molecule has 1 fully saturated rings. The zero-order valence-electron chi connectivity index (χ0n) is 16.4. The van der Waals surface area contributed by atoms with Crippen molar-refractivity contribution in [1.29, 1.82) is 0 Å². The topological polar surface area (TPSA) is 76.0 Å². The molecule has 2 aromatic carbocycles. The molecule has 0 atom stereocenters. The Kier molecular flexibility index (Phi) is 5.75. The Balaban J connectivity index is 2.12. The lowest BCUT2D eigenvalue weighted by atomic mass is 9.89. The molecule has 1 aliphatic rings. The first-order chi connectivity index (χ1) is 13.3. The van der Waals surface area contributed by atoms with Crippen LogP contribution >= 0.6 is 0 Å². The Bertz CT molecular complexity index is 888. The first-order valence-electron chi connectivity index (χ1n) is 9.41. The van der Waals surface area contributed by atoms with Crippen molar-refractivity contribution in [2.24, 2.45) is 5.92 Å². The van der Waals surface area contributed by atoms with Crippen LogP contribution in [0.15, 0.2) is 48.2 Å². The number of carbonyl (C=O) groups is 1. The highest BCUT2D eigenvalue weighted by Crippen LogP contribution is 2.38. The van der Waals surface area contributed by atoms with Crippen LogP contribution in [0.3, 0.4) is 0 Å². The number of phenolic OH excluding ortho intramolecular Hbond substituents is 1. The Labute approximate surface area is 165 Å². The summed E-state index contributed by atoms with van der Waals surface area (Å²) < 4.78 is 10.9. The van der Waals surface area contributed by atoms with Crippen molar-refractivity contribution in [2.75, 3.05) is 6.61 Å². The minimum atomic E-state index is -1.41. The summed E-state index contributed by atoms with van der Waals surface area (Å²) in [6, 6.07) is 12.7. The van der Waals surface area contributed by atoms with Crippen molar-refractivity contribution in [3.63, 3.8) is 0 Å². The van der Waals surface area contributed by atoms with Crippen LogP contribution in [0.1, 0.15) is 43.4 Å². The van der Waals surface area contributed by atoms with Crippen molar-refractivity contribution in [2.45, 2.75) is 39.2 Å². The third kappa shape index (κ3) is 4.54. The molecule has 0 amide bonds. The standard InChI is InChI=1S/C23H26O5/c1-15-6-4-5-7-18(15)21(22(28-14-24)23(2,3)26)17-10-11-20(19(25)12-17)27-13-16-8-9-16/h4-7,10-12,14,16,25-26H,8-9,13H2,1-3H3. The molecule has 2 aromatic rings. The van der Waals surface area contributed by atoms with Gasteiger partial charge in [-0.05, 0) is 68.4 Å². The van der Waals surface area contributed by atoms with Gasteiger partial charge in [0, 0.05) is 5.57 Å². The SMILES string of the molecule is Cc1ccccc1C(=C(OC=O)C(C)(C)O)c1ccc(OCC2CC2)c(O)c1. The Morgan fingerprint density at radius 3 is 2.50 bits per heavy atom. The van der Waals surface area contributed by atoms with Crippen LogP contribution in [0, 0.1) is 12.8 Å². The van der Waals surface area contributed by atoms with E-state index in [1.54, 1.807) is 32.0 Å². The summed E-state index contributed by atoms with van der Waals surface area (Å²) in [6.07, 6.45) is 2.33. The molecule has 0 heterocycles. The van der Waals surface area contributed by atoms with Gasteiger partial charge in [-0.3, -0.25) is 4.79 Å². The zero-order chi connectivity index (χ0) is 20.3. The molecule has 0 radical (unpaired) electrons. The largest absolute Gasteiger partial charge is 0.504 e. The molecule has 0 aliphatic heterocycles. The number of benzene rings is 2. The molecular weight excluding hydrogens is 356 g/mol. The van der Waals surface area contributed by atoms with Crippen LogP contribution in [0.2, 0.25) is 0 Å². The minimum absolute atomic E-state index is 0.00503. The zero-order valence-corrected chi connectivity index (χ0v) is 16.4. The molecule has 0 saturated heterocycles. The maximum atomic E-state index is 11.2. The summed E-state index contributed by atoms with van der Waals surface area (Å²) in [6.45, 7) is 5.94. The quantitative estimate of drug-likeness (QED) is 0.529. The minimum Gasteiger partial charge on any atom is -0.504 e. The second kappa shape index (κ2) is 8.07. The highest BCUT2D eigenvalue weighted by molar-refractivity contribution is 5.85. The third-order valence-electron chi connectivity index (χ3n) is 4.78. The van der Waals surface area contributed by atoms with Crippen LogP contribution in [-0.2, 0) is 9.53 Å². The predicted octanol–water partition coefficient (Wildman–Crippen LogP) is 4.19. The third-order valence-corrected chi connectivity index (χ3v) is 4.78. The van der Waals surface area contributed by atoms with Gasteiger partial charge >= 0.3 is 0 Å². The number of aryl methyl sites for hydroxylation is 1. The molecular formula is C23H26O5. The summed E-state index contributed by atoms with van der Waals surface area (Å²) in [7, 11) is 0. The van der Waals surface area contributed by atoms with E-state index in [0.29, 0.717) is 35.9 Å². The Morgan fingerprint density at radius 1 is 1.21 bits per heavy atom. The lowest BCUT2D eigenvalue weighted by molar-refractivity contribution is -0.127. The van der Waals surface area contributed by atoms with E-state index in [4.69, 9.17) is 9.47 Å². The van der Waals surface area contributed by atoms with Crippen LogP contribution in [0.25, 0.3) is 5.57 Å². The molecule has 3 rings (SSSR count). The van der Waals surface area contributed by atoms with Crippen molar-refractivity contribution in [1.82, 2.24) is 0 Å². The van der Waals surface area contributed by atoms with Crippen LogP contribution in [0.4, 0.5) is 0 Å². The fraction of sp³-hybridized carbons (Fsp3) is 0.348. The molecule has 148 valence electrons. The van der Waals surface area contributed by atoms with Crippen molar-refractivity contribution < 1.29 is 24.5 Å². The summed E-state index contributed by atoms with van der Waals surface area (Å²) in [5, 5.41) is 21.1. The molecule has 0 aromatic heterocycles. The number of hydrogen-bond donors (Lipinski definition) is 2. The first kappa shape index (κ1) is 20.0. The van der Waals surface area contributed by atoms with Gasteiger partial charge in [0.15, 0.2) is 11.5 Å². The van der Waals surface area contributed by atoms with E-state index in [1.807, 2.05) is 31.2 Å². The van der Waals surface area contributed by atoms with Gasteiger partial charge in [0.25, 0.3) is 6.47 Å². The summed E-state index contributed by atoms with van der Waals surface area (Å²) in [5.74, 6) is 1.11. The van der Waals surface area contributed by atoms with Crippen LogP contribution in [0.5, 0.6) is 11.5 Å². The summed E-state index contributed by atoms with van der Waals surface area (Å²) in [4.78, 5) is 11.2. The molecule has 0 unspecified atom stereocenters. The van der Waals surface area contributed by atoms with E-state index in [-0.39, 0.29) is 11.5 Å². The molecule has 2 N–H and O–H groups in total. The molecule has 1 aliphatic carbocycles. The summed E-state index contributed by atoms with van der Waals surface area (Å²) >= 11 is 0. The average molecular weight is 382 g/mol. The second-order valence-corrected chi connectivity index (χ2v) is 7.73. The number of aromatic hydroxyl groups is 1. The summed E-state index contributed by atoms with van der Waals surface area (Å²) in [5.41, 5.74) is 1.50. The average Bonchev–Trinajstić information content (AvgIpc) is 3.45. The lowest BCUT2D eigenvalue weighted by Gasteiger charge is -2.25. The monoisotopic (exact) mass is 382 g/mol. The van der Waals surface area contributed by atoms with Crippen molar-refractivity contribution in [3.05, 3.63) is 64.9 Å². The number of ether oxygens (including phenoxy) is 2. The fourth-order valence-corrected chi connectivity index (χ4v) is 3.11. The molecule has 5 heteroatoms. The molecule has 5 nitrogen and oxygen atoms in total. The predicted molar refractivity (Wildman–Crippen MR) is 107 cm³/mol. The number of aliphatic hydroxyl groups is 1. The van der Waals surface area contributed by atoms with Gasteiger partial charge in [-0.15, -0.1) is 0 Å². The van der Waals surface area contributed by atoms with Gasteiger partial charge in [0.2, 0.25) is 0 Å². The number of rotatable bonds is 8. The Morgan fingerprint density at radius 2 is 1.93 bits per heavy atom. The molecule has 0 spiro atoms. The van der Waals surface area contributed by atoms with E-state index in [1.165, 1.54) is 0 Å². The first-order valence-corrected chi connectivity index (χ1v) is 9.41. The normalized spacial score (nSPS) is 15.0. The number of phenols is 1. The highest BCUT2D eigenvalue weighted by atomic mass is 16.5. The van der Waals surface area contributed by atoms with Gasteiger partial charge < -0.3 is 19.7 Å². The second-order valence-electron chi connectivity index (χ2n) is 7.73. The fourth-order valence-electron chi connectivity index (χ4n) is 3.11. The van der Waals surface area contributed by atoms with Gasteiger partial charge in [-0.2, -0.15) is 0 Å². The highest BCUT2D eigenvalue weighted by Gasteiger charge is 2.29.